The van der Waals surface area contributed by atoms with Crippen LogP contribution in [0.4, 0.5) is 11.4 Å². The van der Waals surface area contributed by atoms with E-state index in [2.05, 4.69) is 15.5 Å². The predicted molar refractivity (Wildman–Crippen MR) is 115 cm³/mol. The van der Waals surface area contributed by atoms with Crippen molar-refractivity contribution < 1.29 is 9.72 Å². The first-order valence-corrected chi connectivity index (χ1v) is 10.6. The molecule has 30 heavy (non-hydrogen) atoms. The molecular weight excluding hydrogens is 402 g/mol. The molecule has 9 heteroatoms. The fraction of sp³-hybridized carbons (Fsp3) is 0.286. The van der Waals surface area contributed by atoms with E-state index in [-0.39, 0.29) is 16.5 Å². The molecule has 0 saturated heterocycles. The van der Waals surface area contributed by atoms with Crippen LogP contribution in [-0.2, 0) is 10.5 Å². The van der Waals surface area contributed by atoms with Gasteiger partial charge in [-0.1, -0.05) is 30.0 Å². The van der Waals surface area contributed by atoms with Crippen LogP contribution in [0.25, 0.3) is 5.69 Å². The SMILES string of the molecule is CC(=O)Nc1cccc(-n2c(SCc3cccc([N+](=O)[O-])c3C)nnc2C2CC2)c1. The third-order valence-corrected chi connectivity index (χ3v) is 5.97. The van der Waals surface area contributed by atoms with Crippen molar-refractivity contribution in [2.24, 2.45) is 0 Å². The number of nitro groups is 1. The van der Waals surface area contributed by atoms with Crippen molar-refractivity contribution >= 4 is 29.0 Å². The van der Waals surface area contributed by atoms with E-state index >= 15 is 0 Å². The number of benzene rings is 2. The molecular formula is C21H21N5O3S. The van der Waals surface area contributed by atoms with Crippen LogP contribution in [0.15, 0.2) is 47.6 Å². The maximum atomic E-state index is 11.4. The molecule has 1 aliphatic carbocycles. The van der Waals surface area contributed by atoms with Gasteiger partial charge in [0.05, 0.1) is 10.6 Å². The summed E-state index contributed by atoms with van der Waals surface area (Å²) in [6.07, 6.45) is 2.16. The summed E-state index contributed by atoms with van der Waals surface area (Å²) in [6.45, 7) is 3.25. The number of nitrogens with one attached hydrogen (secondary N) is 1. The van der Waals surface area contributed by atoms with Crippen molar-refractivity contribution in [2.75, 3.05) is 5.32 Å². The zero-order valence-corrected chi connectivity index (χ0v) is 17.5. The number of nitrogens with zero attached hydrogens (tertiary/aromatic N) is 4. The number of carbonyl (C=O) groups excluding carboxylic acids is 1. The Labute approximate surface area is 177 Å². The van der Waals surface area contributed by atoms with E-state index in [1.165, 1.54) is 24.8 Å². The summed E-state index contributed by atoms with van der Waals surface area (Å²) in [5.41, 5.74) is 3.27. The molecule has 154 valence electrons. The lowest BCUT2D eigenvalue weighted by Crippen LogP contribution is -2.07. The Balaban J connectivity index is 1.65. The van der Waals surface area contributed by atoms with E-state index in [0.29, 0.717) is 22.9 Å². The summed E-state index contributed by atoms with van der Waals surface area (Å²) >= 11 is 1.49. The van der Waals surface area contributed by atoms with Crippen molar-refractivity contribution in [3.05, 3.63) is 69.5 Å². The quantitative estimate of drug-likeness (QED) is 0.338. The lowest BCUT2D eigenvalue weighted by Gasteiger charge is -2.12. The summed E-state index contributed by atoms with van der Waals surface area (Å²) in [5.74, 6) is 1.71. The molecule has 3 aromatic rings. The van der Waals surface area contributed by atoms with Gasteiger partial charge >= 0.3 is 0 Å². The highest BCUT2D eigenvalue weighted by molar-refractivity contribution is 7.98. The molecule has 1 fully saturated rings. The Morgan fingerprint density at radius 1 is 1.27 bits per heavy atom. The van der Waals surface area contributed by atoms with Gasteiger partial charge in [0, 0.05) is 35.9 Å². The van der Waals surface area contributed by atoms with Gasteiger partial charge in [-0.3, -0.25) is 19.5 Å². The Morgan fingerprint density at radius 3 is 2.73 bits per heavy atom. The van der Waals surface area contributed by atoms with Crippen LogP contribution >= 0.6 is 11.8 Å². The molecule has 1 saturated carbocycles. The van der Waals surface area contributed by atoms with Gasteiger partial charge in [0.2, 0.25) is 5.91 Å². The Bertz CT molecular complexity index is 1120. The monoisotopic (exact) mass is 423 g/mol. The number of nitro benzene ring substituents is 1. The van der Waals surface area contributed by atoms with Crippen LogP contribution in [0.3, 0.4) is 0 Å². The number of rotatable bonds is 7. The largest absolute Gasteiger partial charge is 0.326 e. The van der Waals surface area contributed by atoms with Gasteiger partial charge in [-0.05, 0) is 43.5 Å². The van der Waals surface area contributed by atoms with Crippen LogP contribution in [0.2, 0.25) is 0 Å². The molecule has 0 radical (unpaired) electrons. The minimum atomic E-state index is -0.356. The molecule has 1 amide bonds. The summed E-state index contributed by atoms with van der Waals surface area (Å²) in [6, 6.07) is 12.7. The average molecular weight is 423 g/mol. The van der Waals surface area contributed by atoms with Gasteiger partial charge in [0.1, 0.15) is 5.82 Å². The maximum Gasteiger partial charge on any atom is 0.272 e. The summed E-state index contributed by atoms with van der Waals surface area (Å²) < 4.78 is 2.03. The lowest BCUT2D eigenvalue weighted by atomic mass is 10.1. The van der Waals surface area contributed by atoms with Gasteiger partial charge in [0.15, 0.2) is 5.16 Å². The smallest absolute Gasteiger partial charge is 0.272 e. The molecule has 8 nitrogen and oxygen atoms in total. The summed E-state index contributed by atoms with van der Waals surface area (Å²) in [5, 5.41) is 23.6. The second-order valence-corrected chi connectivity index (χ2v) is 8.23. The Kier molecular flexibility index (Phi) is 5.54. The van der Waals surface area contributed by atoms with Gasteiger partial charge in [-0.25, -0.2) is 0 Å². The van der Waals surface area contributed by atoms with E-state index in [4.69, 9.17) is 0 Å². The molecule has 0 aliphatic heterocycles. The molecule has 1 aromatic heterocycles. The average Bonchev–Trinajstić information content (AvgIpc) is 3.46. The Hall–Kier alpha value is -3.20. The lowest BCUT2D eigenvalue weighted by molar-refractivity contribution is -0.385. The third kappa shape index (κ3) is 4.20. The zero-order valence-electron chi connectivity index (χ0n) is 16.7. The number of hydrogen-bond donors (Lipinski definition) is 1. The standard InChI is InChI=1S/C21H21N5O3S/c1-13-16(5-3-8-19(13)26(28)29)12-30-21-24-23-20(15-9-10-15)25(21)18-7-4-6-17(11-18)22-14(2)27/h3-8,11,15H,9-10,12H2,1-2H3,(H,22,27). The molecule has 4 rings (SSSR count). The van der Waals surface area contributed by atoms with Crippen molar-refractivity contribution in [3.8, 4) is 5.69 Å². The van der Waals surface area contributed by atoms with Gasteiger partial charge in [-0.15, -0.1) is 10.2 Å². The van der Waals surface area contributed by atoms with Crippen molar-refractivity contribution in [2.45, 2.75) is 43.5 Å². The first-order valence-electron chi connectivity index (χ1n) is 9.63. The van der Waals surface area contributed by atoms with E-state index in [1.807, 2.05) is 34.9 Å². The second kappa shape index (κ2) is 8.27. The van der Waals surface area contributed by atoms with Crippen molar-refractivity contribution in [1.29, 1.82) is 0 Å². The number of hydrogen-bond acceptors (Lipinski definition) is 6. The third-order valence-electron chi connectivity index (χ3n) is 5.00. The molecule has 0 spiro atoms. The number of aromatic nitrogens is 3. The van der Waals surface area contributed by atoms with Gasteiger partial charge in [0.25, 0.3) is 5.69 Å². The highest BCUT2D eigenvalue weighted by atomic mass is 32.2. The molecule has 2 aromatic carbocycles. The highest BCUT2D eigenvalue weighted by Gasteiger charge is 2.31. The topological polar surface area (TPSA) is 103 Å². The van der Waals surface area contributed by atoms with E-state index in [0.717, 1.165) is 35.1 Å². The number of thioether (sulfide) groups is 1. The fourth-order valence-corrected chi connectivity index (χ4v) is 4.34. The molecule has 1 aliphatic rings. The molecule has 0 bridgehead atoms. The van der Waals surface area contributed by atoms with Gasteiger partial charge < -0.3 is 5.32 Å². The van der Waals surface area contributed by atoms with Crippen LogP contribution in [0, 0.1) is 17.0 Å². The predicted octanol–water partition coefficient (Wildman–Crippen LogP) is 4.61. The van der Waals surface area contributed by atoms with E-state index in [9.17, 15) is 14.9 Å². The van der Waals surface area contributed by atoms with Crippen LogP contribution in [0.1, 0.15) is 42.6 Å². The Morgan fingerprint density at radius 2 is 2.03 bits per heavy atom. The number of anilines is 1. The molecule has 0 unspecified atom stereocenters. The van der Waals surface area contributed by atoms with E-state index in [1.54, 1.807) is 13.0 Å². The van der Waals surface area contributed by atoms with Gasteiger partial charge in [-0.2, -0.15) is 0 Å². The normalized spacial score (nSPS) is 13.3. The molecule has 1 N–H and O–H groups in total. The molecule has 0 atom stereocenters. The number of amides is 1. The zero-order chi connectivity index (χ0) is 21.3. The first-order chi connectivity index (χ1) is 14.4. The summed E-state index contributed by atoms with van der Waals surface area (Å²) in [4.78, 5) is 22.3. The molecule has 1 heterocycles. The van der Waals surface area contributed by atoms with Crippen LogP contribution in [-0.4, -0.2) is 25.6 Å². The summed E-state index contributed by atoms with van der Waals surface area (Å²) in [7, 11) is 0. The second-order valence-electron chi connectivity index (χ2n) is 7.29. The van der Waals surface area contributed by atoms with E-state index < -0.39 is 0 Å². The fourth-order valence-electron chi connectivity index (χ4n) is 3.32. The van der Waals surface area contributed by atoms with Crippen molar-refractivity contribution in [1.82, 2.24) is 14.8 Å². The number of carbonyl (C=O) groups is 1. The van der Waals surface area contributed by atoms with Crippen molar-refractivity contribution in [3.63, 3.8) is 0 Å². The van der Waals surface area contributed by atoms with Crippen LogP contribution < -0.4 is 5.32 Å². The minimum Gasteiger partial charge on any atom is -0.326 e. The minimum absolute atomic E-state index is 0.122. The maximum absolute atomic E-state index is 11.4. The van der Waals surface area contributed by atoms with Crippen LogP contribution in [0.5, 0.6) is 0 Å². The highest BCUT2D eigenvalue weighted by Crippen LogP contribution is 2.41. The first kappa shape index (κ1) is 20.1.